The Hall–Kier alpha value is -0.780. The van der Waals surface area contributed by atoms with E-state index in [2.05, 4.69) is 46.8 Å². The minimum absolute atomic E-state index is 1.14. The first-order valence-corrected chi connectivity index (χ1v) is 6.09. The molecule has 0 bridgehead atoms. The third-order valence-corrected chi connectivity index (χ3v) is 3.03. The molecule has 1 radical (unpaired) electrons. The summed E-state index contributed by atoms with van der Waals surface area (Å²) >= 11 is 0. The van der Waals surface area contributed by atoms with Crippen LogP contribution >= 0.6 is 0 Å². The second-order valence-electron chi connectivity index (χ2n) is 4.35. The Bertz CT molecular complexity index is 296. The lowest BCUT2D eigenvalue weighted by Crippen LogP contribution is -2.03. The molecule has 0 fully saturated rings. The van der Waals surface area contributed by atoms with Gasteiger partial charge in [-0.05, 0) is 47.4 Å². The van der Waals surface area contributed by atoms with Crippen LogP contribution in [0, 0.1) is 5.92 Å². The Labute approximate surface area is 94.7 Å². The van der Waals surface area contributed by atoms with Crippen molar-refractivity contribution in [2.45, 2.75) is 53.9 Å². The van der Waals surface area contributed by atoms with Gasteiger partial charge in [0.15, 0.2) is 0 Å². The molecule has 0 nitrogen and oxygen atoms in total. The van der Waals surface area contributed by atoms with Crippen molar-refractivity contribution < 1.29 is 0 Å². The van der Waals surface area contributed by atoms with Crippen LogP contribution in [0.3, 0.4) is 0 Å². The van der Waals surface area contributed by atoms with Crippen molar-refractivity contribution in [2.24, 2.45) is 0 Å². The molecule has 0 amide bonds. The van der Waals surface area contributed by atoms with Crippen LogP contribution in [0.2, 0.25) is 0 Å². The number of hydrogen-bond acceptors (Lipinski definition) is 0. The minimum Gasteiger partial charge on any atom is -0.0613 e. The first-order valence-electron chi connectivity index (χ1n) is 6.09. The standard InChI is InChI=1S/C15H23/c1-6-12-9-13(7-2)15(11(4)5)14(8-3)10-12/h9-10H,6-8H2,1-5H3. The van der Waals surface area contributed by atoms with Gasteiger partial charge in [-0.3, -0.25) is 0 Å². The molecule has 0 aliphatic carbocycles. The van der Waals surface area contributed by atoms with E-state index in [1.807, 2.05) is 0 Å². The molecule has 0 aromatic heterocycles. The van der Waals surface area contributed by atoms with Crippen molar-refractivity contribution in [3.63, 3.8) is 0 Å². The molecule has 83 valence electrons. The Morgan fingerprint density at radius 2 is 1.33 bits per heavy atom. The van der Waals surface area contributed by atoms with Gasteiger partial charge in [0.05, 0.1) is 0 Å². The summed E-state index contributed by atoms with van der Waals surface area (Å²) in [4.78, 5) is 0. The Kier molecular flexibility index (Phi) is 4.38. The lowest BCUT2D eigenvalue weighted by atomic mass is 9.87. The summed E-state index contributed by atoms with van der Waals surface area (Å²) in [7, 11) is 0. The monoisotopic (exact) mass is 203 g/mol. The van der Waals surface area contributed by atoms with Gasteiger partial charge in [0.1, 0.15) is 0 Å². The van der Waals surface area contributed by atoms with Gasteiger partial charge in [0, 0.05) is 0 Å². The van der Waals surface area contributed by atoms with Gasteiger partial charge in [-0.2, -0.15) is 0 Å². The van der Waals surface area contributed by atoms with Crippen molar-refractivity contribution in [2.75, 3.05) is 0 Å². The summed E-state index contributed by atoms with van der Waals surface area (Å²) in [6.07, 6.45) is 3.42. The number of rotatable bonds is 4. The summed E-state index contributed by atoms with van der Waals surface area (Å²) in [5.74, 6) is 1.45. The van der Waals surface area contributed by atoms with Crippen LogP contribution in [0.25, 0.3) is 0 Å². The summed E-state index contributed by atoms with van der Waals surface area (Å²) in [5.41, 5.74) is 6.03. The third-order valence-electron chi connectivity index (χ3n) is 3.03. The van der Waals surface area contributed by atoms with Gasteiger partial charge in [0.25, 0.3) is 0 Å². The van der Waals surface area contributed by atoms with E-state index in [1.165, 1.54) is 28.2 Å². The number of hydrogen-bond donors (Lipinski definition) is 0. The third kappa shape index (κ3) is 2.62. The average Bonchev–Trinajstić information content (AvgIpc) is 2.26. The van der Waals surface area contributed by atoms with E-state index in [9.17, 15) is 0 Å². The normalized spacial score (nSPS) is 11.1. The molecular weight excluding hydrogens is 180 g/mol. The average molecular weight is 203 g/mol. The summed E-state index contributed by atoms with van der Waals surface area (Å²) in [6, 6.07) is 4.75. The molecule has 0 saturated carbocycles. The van der Waals surface area contributed by atoms with Crippen LogP contribution in [0.4, 0.5) is 0 Å². The zero-order chi connectivity index (χ0) is 11.4. The van der Waals surface area contributed by atoms with Crippen LogP contribution in [-0.4, -0.2) is 0 Å². The van der Waals surface area contributed by atoms with Crippen molar-refractivity contribution >= 4 is 0 Å². The SMILES string of the molecule is CCc1cc(CC)c([C](C)C)c(CC)c1. The van der Waals surface area contributed by atoms with Crippen LogP contribution in [-0.2, 0) is 19.3 Å². The highest BCUT2D eigenvalue weighted by Gasteiger charge is 2.11. The molecule has 1 aromatic rings. The molecule has 1 rings (SSSR count). The van der Waals surface area contributed by atoms with E-state index in [0.29, 0.717) is 0 Å². The van der Waals surface area contributed by atoms with E-state index in [0.717, 1.165) is 19.3 Å². The highest BCUT2D eigenvalue weighted by molar-refractivity contribution is 5.46. The summed E-state index contributed by atoms with van der Waals surface area (Å²) in [5, 5.41) is 0. The minimum atomic E-state index is 1.14. The zero-order valence-electron chi connectivity index (χ0n) is 10.8. The molecule has 1 aromatic carbocycles. The van der Waals surface area contributed by atoms with Gasteiger partial charge in [-0.25, -0.2) is 0 Å². The van der Waals surface area contributed by atoms with Gasteiger partial charge < -0.3 is 0 Å². The Balaban J connectivity index is 3.32. The van der Waals surface area contributed by atoms with Gasteiger partial charge in [-0.1, -0.05) is 46.8 Å². The summed E-state index contributed by atoms with van der Waals surface area (Å²) < 4.78 is 0. The van der Waals surface area contributed by atoms with Gasteiger partial charge >= 0.3 is 0 Å². The van der Waals surface area contributed by atoms with Crippen molar-refractivity contribution in [1.82, 2.24) is 0 Å². The second-order valence-corrected chi connectivity index (χ2v) is 4.35. The predicted octanol–water partition coefficient (Wildman–Crippen LogP) is 4.34. The van der Waals surface area contributed by atoms with Crippen LogP contribution in [0.15, 0.2) is 12.1 Å². The zero-order valence-corrected chi connectivity index (χ0v) is 10.8. The smallest absolute Gasteiger partial charge is 0.000639 e. The fourth-order valence-corrected chi connectivity index (χ4v) is 2.24. The van der Waals surface area contributed by atoms with E-state index in [4.69, 9.17) is 0 Å². The first kappa shape index (κ1) is 12.3. The topological polar surface area (TPSA) is 0 Å². The molecule has 0 N–H and O–H groups in total. The molecular formula is C15H23. The molecule has 0 heterocycles. The van der Waals surface area contributed by atoms with Crippen LogP contribution in [0.5, 0.6) is 0 Å². The molecule has 0 spiro atoms. The lowest BCUT2D eigenvalue weighted by molar-refractivity contribution is 0.976. The Morgan fingerprint density at radius 1 is 0.867 bits per heavy atom. The molecule has 0 aliphatic rings. The summed E-state index contributed by atoms with van der Waals surface area (Å²) in [6.45, 7) is 11.2. The fraction of sp³-hybridized carbons (Fsp3) is 0.533. The van der Waals surface area contributed by atoms with Gasteiger partial charge in [-0.15, -0.1) is 0 Å². The molecule has 15 heavy (non-hydrogen) atoms. The maximum atomic E-state index is 2.38. The first-order chi connectivity index (χ1) is 7.13. The highest BCUT2D eigenvalue weighted by atomic mass is 14.2. The van der Waals surface area contributed by atoms with Gasteiger partial charge in [0.2, 0.25) is 0 Å². The molecule has 0 heteroatoms. The van der Waals surface area contributed by atoms with E-state index in [1.54, 1.807) is 0 Å². The molecule has 0 unspecified atom stereocenters. The molecule has 0 saturated heterocycles. The van der Waals surface area contributed by atoms with Crippen LogP contribution < -0.4 is 0 Å². The van der Waals surface area contributed by atoms with Crippen LogP contribution in [0.1, 0.15) is 56.9 Å². The van der Waals surface area contributed by atoms with Crippen molar-refractivity contribution in [3.8, 4) is 0 Å². The Morgan fingerprint density at radius 3 is 1.60 bits per heavy atom. The number of benzene rings is 1. The lowest BCUT2D eigenvalue weighted by Gasteiger charge is -2.18. The van der Waals surface area contributed by atoms with E-state index < -0.39 is 0 Å². The quantitative estimate of drug-likeness (QED) is 0.683. The van der Waals surface area contributed by atoms with Crippen molar-refractivity contribution in [1.29, 1.82) is 0 Å². The van der Waals surface area contributed by atoms with E-state index in [-0.39, 0.29) is 0 Å². The van der Waals surface area contributed by atoms with Crippen molar-refractivity contribution in [3.05, 3.63) is 40.3 Å². The predicted molar refractivity (Wildman–Crippen MR) is 68.3 cm³/mol. The molecule has 0 aliphatic heterocycles. The second kappa shape index (κ2) is 5.34. The largest absolute Gasteiger partial charge is 0.0613 e. The highest BCUT2D eigenvalue weighted by Crippen LogP contribution is 2.26. The van der Waals surface area contributed by atoms with E-state index >= 15 is 0 Å². The maximum absolute atomic E-state index is 2.38. The molecule has 0 atom stereocenters. The fourth-order valence-electron chi connectivity index (χ4n) is 2.24. The maximum Gasteiger partial charge on any atom is -0.000639 e. The number of aryl methyl sites for hydroxylation is 3.